The molecule has 1 aromatic carbocycles. The molecule has 1 atom stereocenters. The molecule has 4 aromatic rings. The first-order valence-electron chi connectivity index (χ1n) is 13.6. The highest BCUT2D eigenvalue weighted by Gasteiger charge is 2.16. The van der Waals surface area contributed by atoms with Crippen LogP contribution in [0.4, 0.5) is 0 Å². The first-order valence-corrected chi connectivity index (χ1v) is 13.6. The fourth-order valence-corrected chi connectivity index (χ4v) is 4.68. The quantitative estimate of drug-likeness (QED) is 0.151. The van der Waals surface area contributed by atoms with E-state index in [2.05, 4.69) is 88.4 Å². The molecular weight excluding hydrogens is 498 g/mol. The van der Waals surface area contributed by atoms with Crippen molar-refractivity contribution in [1.82, 2.24) is 25.3 Å². The first kappa shape index (κ1) is 28.5. The molecule has 7 nitrogen and oxygen atoms in total. The third-order valence-electron chi connectivity index (χ3n) is 6.82. The van der Waals surface area contributed by atoms with Crippen LogP contribution in [0.15, 0.2) is 73.3 Å². The van der Waals surface area contributed by atoms with Gasteiger partial charge in [-0.15, -0.1) is 12.8 Å². The number of pyridine rings is 2. The number of hydrogen-bond donors (Lipinski definition) is 2. The maximum atomic E-state index is 12.5. The molecule has 7 heteroatoms. The zero-order valence-electron chi connectivity index (χ0n) is 23.1. The zero-order chi connectivity index (χ0) is 28.3. The Morgan fingerprint density at radius 3 is 2.67 bits per heavy atom. The van der Waals surface area contributed by atoms with Crippen LogP contribution in [-0.4, -0.2) is 45.1 Å². The summed E-state index contributed by atoms with van der Waals surface area (Å²) in [6.45, 7) is 5.56. The number of nitrogens with zero attached hydrogens (tertiary/aromatic N) is 3. The molecule has 3 aromatic heterocycles. The van der Waals surface area contributed by atoms with E-state index in [-0.39, 0.29) is 12.0 Å². The Kier molecular flexibility index (Phi) is 9.98. The molecule has 0 radical (unpaired) electrons. The lowest BCUT2D eigenvalue weighted by atomic mass is 10.0. The van der Waals surface area contributed by atoms with Crippen LogP contribution >= 0.6 is 0 Å². The summed E-state index contributed by atoms with van der Waals surface area (Å²) in [5.74, 6) is -0.345. The number of hydrogen-bond acceptors (Lipinski definition) is 6. The molecule has 0 amide bonds. The standard InChI is InChI=1S/C31H33N5O2.C2H2/c1-3-4-5-8-21(2)29-30(36-20-35-29)22-10-12-27-24(15-22)16-25(18-34-27)28-13-11-23(17-33-28)31(37)38-19-26-9-6-7-14-32-26;1-2/h4-5,8,10-13,15-18,20,26,32H,3,6-7,9,14,19H2,1-2H3,(H,35,36);1-2H/b5-4-,21-8+;/t26-;/m1./s1. The Labute approximate surface area is 235 Å². The number of nitrogens with one attached hydrogen (secondary N) is 2. The lowest BCUT2D eigenvalue weighted by Crippen LogP contribution is -2.38. The highest BCUT2D eigenvalue weighted by molar-refractivity contribution is 5.90. The van der Waals surface area contributed by atoms with Gasteiger partial charge in [0.1, 0.15) is 6.61 Å². The summed E-state index contributed by atoms with van der Waals surface area (Å²) in [6.07, 6.45) is 23.8. The number of piperidine rings is 1. The molecular formula is C33H35N5O2. The van der Waals surface area contributed by atoms with Crippen LogP contribution in [0.3, 0.4) is 0 Å². The molecule has 1 aliphatic heterocycles. The second kappa shape index (κ2) is 14.0. The summed E-state index contributed by atoms with van der Waals surface area (Å²) in [7, 11) is 0. The van der Waals surface area contributed by atoms with Crippen molar-refractivity contribution in [2.75, 3.05) is 13.2 Å². The van der Waals surface area contributed by atoms with Crippen LogP contribution in [0.1, 0.15) is 55.6 Å². The minimum Gasteiger partial charge on any atom is -0.460 e. The number of carbonyl (C=O) groups excluding carboxylic acids is 1. The van der Waals surface area contributed by atoms with Crippen molar-refractivity contribution < 1.29 is 9.53 Å². The van der Waals surface area contributed by atoms with Gasteiger partial charge < -0.3 is 15.0 Å². The van der Waals surface area contributed by atoms with E-state index in [9.17, 15) is 4.79 Å². The van der Waals surface area contributed by atoms with Crippen molar-refractivity contribution in [3.05, 3.63) is 84.6 Å². The van der Waals surface area contributed by atoms with Crippen molar-refractivity contribution in [1.29, 1.82) is 0 Å². The lowest BCUT2D eigenvalue weighted by molar-refractivity contribution is 0.0451. The summed E-state index contributed by atoms with van der Waals surface area (Å²) >= 11 is 0. The van der Waals surface area contributed by atoms with Crippen molar-refractivity contribution in [3.63, 3.8) is 0 Å². The van der Waals surface area contributed by atoms with Crippen LogP contribution < -0.4 is 5.32 Å². The predicted molar refractivity (Wildman–Crippen MR) is 161 cm³/mol. The third-order valence-corrected chi connectivity index (χ3v) is 6.82. The molecule has 0 spiro atoms. The number of aromatic amines is 1. The number of H-pyrrole nitrogens is 1. The van der Waals surface area contributed by atoms with Gasteiger partial charge >= 0.3 is 5.97 Å². The summed E-state index contributed by atoms with van der Waals surface area (Å²) in [5, 5.41) is 4.39. The molecule has 4 heterocycles. The van der Waals surface area contributed by atoms with E-state index in [4.69, 9.17) is 4.74 Å². The largest absolute Gasteiger partial charge is 0.460 e. The minimum absolute atomic E-state index is 0.240. The van der Waals surface area contributed by atoms with Crippen molar-refractivity contribution >= 4 is 22.4 Å². The van der Waals surface area contributed by atoms with Crippen molar-refractivity contribution in [2.45, 2.75) is 45.6 Å². The number of rotatable bonds is 8. The maximum absolute atomic E-state index is 12.5. The maximum Gasteiger partial charge on any atom is 0.339 e. The van der Waals surface area contributed by atoms with E-state index in [0.29, 0.717) is 12.2 Å². The van der Waals surface area contributed by atoms with E-state index >= 15 is 0 Å². The Morgan fingerprint density at radius 2 is 1.93 bits per heavy atom. The van der Waals surface area contributed by atoms with Crippen LogP contribution in [-0.2, 0) is 4.74 Å². The molecule has 2 N–H and O–H groups in total. The van der Waals surface area contributed by atoms with Gasteiger partial charge in [-0.25, -0.2) is 9.78 Å². The topological polar surface area (TPSA) is 92.8 Å². The molecule has 0 saturated carbocycles. The fraction of sp³-hybridized carbons (Fsp3) is 0.273. The van der Waals surface area contributed by atoms with Crippen LogP contribution in [0, 0.1) is 12.8 Å². The first-order chi connectivity index (χ1) is 19.6. The Hall–Kier alpha value is -4.54. The number of ether oxygens (including phenoxy) is 1. The van der Waals surface area contributed by atoms with Gasteiger partial charge in [-0.2, -0.15) is 0 Å². The Bertz CT molecular complexity index is 1510. The SMILES string of the molecule is C#C.CC/C=C\C=C(/C)c1nc[nH]c1-c1ccc2ncc(-c3ccc(C(=O)OC[C@H]4CCCCN4)cn3)cc2c1. The zero-order valence-corrected chi connectivity index (χ0v) is 23.1. The summed E-state index contributed by atoms with van der Waals surface area (Å²) < 4.78 is 5.50. The number of imidazole rings is 1. The highest BCUT2D eigenvalue weighted by Crippen LogP contribution is 2.29. The van der Waals surface area contributed by atoms with E-state index in [1.807, 2.05) is 18.3 Å². The van der Waals surface area contributed by atoms with Crippen LogP contribution in [0.2, 0.25) is 0 Å². The van der Waals surface area contributed by atoms with Gasteiger partial charge in [0.25, 0.3) is 0 Å². The van der Waals surface area contributed by atoms with Gasteiger partial charge in [0.2, 0.25) is 0 Å². The summed E-state index contributed by atoms with van der Waals surface area (Å²) in [5.41, 5.74) is 7.01. The lowest BCUT2D eigenvalue weighted by Gasteiger charge is -2.22. The van der Waals surface area contributed by atoms with Gasteiger partial charge in [0.15, 0.2) is 0 Å². The van der Waals surface area contributed by atoms with Crippen LogP contribution in [0.5, 0.6) is 0 Å². The van der Waals surface area contributed by atoms with Crippen molar-refractivity contribution in [2.24, 2.45) is 0 Å². The fourth-order valence-electron chi connectivity index (χ4n) is 4.68. The second-order valence-electron chi connectivity index (χ2n) is 9.62. The average Bonchev–Trinajstić information content (AvgIpc) is 3.51. The highest BCUT2D eigenvalue weighted by atomic mass is 16.5. The second-order valence-corrected chi connectivity index (χ2v) is 9.62. The molecule has 204 valence electrons. The molecule has 1 saturated heterocycles. The molecule has 1 fully saturated rings. The van der Waals surface area contributed by atoms with Gasteiger partial charge in [-0.1, -0.05) is 37.6 Å². The minimum atomic E-state index is -0.345. The summed E-state index contributed by atoms with van der Waals surface area (Å²) in [6, 6.07) is 12.1. The number of carbonyl (C=O) groups is 1. The number of esters is 1. The molecule has 1 aliphatic rings. The number of allylic oxidation sites excluding steroid dienone is 4. The molecule has 0 bridgehead atoms. The number of benzene rings is 1. The predicted octanol–water partition coefficient (Wildman–Crippen LogP) is 6.60. The normalized spacial score (nSPS) is 15.5. The van der Waals surface area contributed by atoms with Crippen molar-refractivity contribution in [3.8, 4) is 35.4 Å². The van der Waals surface area contributed by atoms with Gasteiger partial charge in [0, 0.05) is 34.9 Å². The Balaban J connectivity index is 0.00000181. The van der Waals surface area contributed by atoms with E-state index in [1.54, 1.807) is 18.6 Å². The average molecular weight is 534 g/mol. The summed E-state index contributed by atoms with van der Waals surface area (Å²) in [4.78, 5) is 29.5. The van der Waals surface area contributed by atoms with Crippen LogP contribution in [0.25, 0.3) is 39.0 Å². The van der Waals surface area contributed by atoms with Gasteiger partial charge in [-0.3, -0.25) is 9.97 Å². The smallest absolute Gasteiger partial charge is 0.339 e. The molecule has 0 unspecified atom stereocenters. The molecule has 5 rings (SSSR count). The Morgan fingerprint density at radius 1 is 1.07 bits per heavy atom. The number of fused-ring (bicyclic) bond motifs is 1. The van der Waals surface area contributed by atoms with Gasteiger partial charge in [-0.05, 0) is 68.6 Å². The number of aromatic nitrogens is 4. The molecule has 0 aliphatic carbocycles. The molecule has 40 heavy (non-hydrogen) atoms. The van der Waals surface area contributed by atoms with E-state index < -0.39 is 0 Å². The van der Waals surface area contributed by atoms with Gasteiger partial charge in [0.05, 0.1) is 34.5 Å². The monoisotopic (exact) mass is 533 g/mol. The van der Waals surface area contributed by atoms with E-state index in [1.165, 1.54) is 12.8 Å². The third kappa shape index (κ3) is 6.90. The van der Waals surface area contributed by atoms with E-state index in [0.717, 1.165) is 64.1 Å². The number of terminal acetylenes is 1.